The first-order chi connectivity index (χ1) is 9.06. The topological polar surface area (TPSA) is 78.9 Å². The standard InChI is InChI=1S/C11H9F2N3O2S/c12-9(13)6-2-1-3-7(4-6)10-14-11(16-15-10)19-5-8(17)18/h1-4,9H,5H2,(H,17,18)(H,14,15,16). The third-order valence-electron chi connectivity index (χ3n) is 2.20. The van der Waals surface area contributed by atoms with E-state index in [2.05, 4.69) is 15.2 Å². The molecule has 0 atom stereocenters. The molecule has 1 aromatic heterocycles. The van der Waals surface area contributed by atoms with Gasteiger partial charge in [-0.15, -0.1) is 5.10 Å². The van der Waals surface area contributed by atoms with Crippen molar-refractivity contribution < 1.29 is 18.7 Å². The van der Waals surface area contributed by atoms with Crippen molar-refractivity contribution in [2.75, 3.05) is 5.75 Å². The second-order valence-electron chi connectivity index (χ2n) is 3.58. The van der Waals surface area contributed by atoms with Crippen LogP contribution in [0.1, 0.15) is 12.0 Å². The highest BCUT2D eigenvalue weighted by Gasteiger charge is 2.11. The molecule has 0 saturated heterocycles. The minimum absolute atomic E-state index is 0.103. The summed E-state index contributed by atoms with van der Waals surface area (Å²) >= 11 is 0.953. The maximum Gasteiger partial charge on any atom is 0.313 e. The Morgan fingerprint density at radius 2 is 2.26 bits per heavy atom. The normalized spacial score (nSPS) is 10.9. The van der Waals surface area contributed by atoms with Crippen LogP contribution in [-0.2, 0) is 4.79 Å². The lowest BCUT2D eigenvalue weighted by molar-refractivity contribution is -0.133. The highest BCUT2D eigenvalue weighted by atomic mass is 32.2. The molecule has 0 bridgehead atoms. The maximum absolute atomic E-state index is 12.6. The lowest BCUT2D eigenvalue weighted by Gasteiger charge is -2.01. The van der Waals surface area contributed by atoms with Gasteiger partial charge in [0.05, 0.1) is 5.75 Å². The Hall–Kier alpha value is -1.96. The van der Waals surface area contributed by atoms with E-state index in [1.807, 2.05) is 0 Å². The van der Waals surface area contributed by atoms with Gasteiger partial charge in [0.2, 0.25) is 5.16 Å². The molecule has 0 radical (unpaired) electrons. The molecule has 2 rings (SSSR count). The lowest BCUT2D eigenvalue weighted by Crippen LogP contribution is -1.97. The Kier molecular flexibility index (Phi) is 4.10. The Balaban J connectivity index is 2.18. The van der Waals surface area contributed by atoms with E-state index in [9.17, 15) is 13.6 Å². The molecule has 1 heterocycles. The van der Waals surface area contributed by atoms with E-state index in [-0.39, 0.29) is 16.5 Å². The highest BCUT2D eigenvalue weighted by Crippen LogP contribution is 2.24. The molecule has 2 aromatic rings. The minimum atomic E-state index is -2.55. The van der Waals surface area contributed by atoms with Crippen LogP contribution in [0.2, 0.25) is 0 Å². The van der Waals surface area contributed by atoms with Crippen LogP contribution >= 0.6 is 11.8 Å². The number of carbonyl (C=O) groups is 1. The van der Waals surface area contributed by atoms with Gasteiger partial charge in [0.1, 0.15) is 0 Å². The van der Waals surface area contributed by atoms with E-state index in [1.165, 1.54) is 18.2 Å². The van der Waals surface area contributed by atoms with Gasteiger partial charge in [0.25, 0.3) is 6.43 Å². The second-order valence-corrected chi connectivity index (χ2v) is 4.52. The fourth-order valence-corrected chi connectivity index (χ4v) is 1.91. The molecule has 0 aliphatic heterocycles. The summed E-state index contributed by atoms with van der Waals surface area (Å²) in [4.78, 5) is 14.4. The van der Waals surface area contributed by atoms with E-state index in [0.29, 0.717) is 11.4 Å². The number of benzene rings is 1. The summed E-state index contributed by atoms with van der Waals surface area (Å²) in [5.41, 5.74) is 0.376. The van der Waals surface area contributed by atoms with Crippen molar-refractivity contribution in [1.29, 1.82) is 0 Å². The van der Waals surface area contributed by atoms with E-state index in [1.54, 1.807) is 6.07 Å². The van der Waals surface area contributed by atoms with E-state index in [4.69, 9.17) is 5.11 Å². The predicted octanol–water partition coefficient (Wildman–Crippen LogP) is 2.59. The largest absolute Gasteiger partial charge is 0.481 e. The molecular formula is C11H9F2N3O2S. The zero-order chi connectivity index (χ0) is 13.8. The number of hydrogen-bond donors (Lipinski definition) is 2. The lowest BCUT2D eigenvalue weighted by atomic mass is 10.1. The average molecular weight is 285 g/mol. The van der Waals surface area contributed by atoms with Gasteiger partial charge in [-0.25, -0.2) is 13.8 Å². The summed E-state index contributed by atoms with van der Waals surface area (Å²) < 4.78 is 25.1. The number of alkyl halides is 2. The van der Waals surface area contributed by atoms with Crippen molar-refractivity contribution in [3.8, 4) is 11.4 Å². The first-order valence-corrected chi connectivity index (χ1v) is 6.20. The van der Waals surface area contributed by atoms with Crippen molar-refractivity contribution >= 4 is 17.7 Å². The first kappa shape index (κ1) is 13.5. The summed E-state index contributed by atoms with van der Waals surface area (Å²) in [5.74, 6) is -0.805. The first-order valence-electron chi connectivity index (χ1n) is 5.21. The summed E-state index contributed by atoms with van der Waals surface area (Å²) in [7, 11) is 0. The number of halogens is 2. The van der Waals surface area contributed by atoms with E-state index >= 15 is 0 Å². The van der Waals surface area contributed by atoms with Crippen molar-refractivity contribution in [3.63, 3.8) is 0 Å². The number of nitrogens with one attached hydrogen (secondary N) is 1. The van der Waals surface area contributed by atoms with Crippen molar-refractivity contribution in [2.45, 2.75) is 11.6 Å². The van der Waals surface area contributed by atoms with Gasteiger partial charge in [-0.2, -0.15) is 0 Å². The van der Waals surface area contributed by atoms with Crippen LogP contribution in [0.15, 0.2) is 29.4 Å². The molecule has 0 spiro atoms. The average Bonchev–Trinajstić information content (AvgIpc) is 2.85. The predicted molar refractivity (Wildman–Crippen MR) is 65.1 cm³/mol. The van der Waals surface area contributed by atoms with Crippen LogP contribution in [0.25, 0.3) is 11.4 Å². The SMILES string of the molecule is O=C(O)CSc1n[nH]c(-c2cccc(C(F)F)c2)n1. The Labute approximate surface area is 111 Å². The number of thioether (sulfide) groups is 1. The Morgan fingerprint density at radius 1 is 1.47 bits per heavy atom. The molecule has 0 unspecified atom stereocenters. The van der Waals surface area contributed by atoms with Gasteiger partial charge in [-0.3, -0.25) is 9.89 Å². The summed E-state index contributed by atoms with van der Waals surface area (Å²) in [6, 6.07) is 5.77. The number of aromatic nitrogens is 3. The summed E-state index contributed by atoms with van der Waals surface area (Å²) in [6.07, 6.45) is -2.55. The number of nitrogens with zero attached hydrogens (tertiary/aromatic N) is 2. The molecule has 100 valence electrons. The van der Waals surface area contributed by atoms with Gasteiger partial charge < -0.3 is 5.11 Å². The van der Waals surface area contributed by atoms with Crippen molar-refractivity contribution in [1.82, 2.24) is 15.2 Å². The monoisotopic (exact) mass is 285 g/mol. The zero-order valence-electron chi connectivity index (χ0n) is 9.51. The second kappa shape index (κ2) is 5.79. The molecule has 0 aliphatic carbocycles. The fraction of sp³-hybridized carbons (Fsp3) is 0.182. The van der Waals surface area contributed by atoms with Gasteiger partial charge in [-0.05, 0) is 6.07 Å². The van der Waals surface area contributed by atoms with Crippen LogP contribution < -0.4 is 0 Å². The fourth-order valence-electron chi connectivity index (χ4n) is 1.39. The number of carboxylic acid groups (broad SMARTS) is 1. The minimum Gasteiger partial charge on any atom is -0.481 e. The van der Waals surface area contributed by atoms with Crippen LogP contribution in [0.3, 0.4) is 0 Å². The zero-order valence-corrected chi connectivity index (χ0v) is 10.3. The smallest absolute Gasteiger partial charge is 0.313 e. The van der Waals surface area contributed by atoms with E-state index in [0.717, 1.165) is 11.8 Å². The molecule has 5 nitrogen and oxygen atoms in total. The number of rotatable bonds is 5. The molecule has 1 aromatic carbocycles. The van der Waals surface area contributed by atoms with Crippen LogP contribution in [-0.4, -0.2) is 32.0 Å². The quantitative estimate of drug-likeness (QED) is 0.825. The molecule has 2 N–H and O–H groups in total. The summed E-state index contributed by atoms with van der Waals surface area (Å²) in [5, 5.41) is 15.2. The van der Waals surface area contributed by atoms with Crippen LogP contribution in [0, 0.1) is 0 Å². The Bertz CT molecular complexity index is 589. The third kappa shape index (κ3) is 3.50. The third-order valence-corrected chi connectivity index (χ3v) is 3.03. The molecule has 0 amide bonds. The molecule has 8 heteroatoms. The Morgan fingerprint density at radius 3 is 2.95 bits per heavy atom. The highest BCUT2D eigenvalue weighted by molar-refractivity contribution is 7.99. The number of H-pyrrole nitrogens is 1. The number of aliphatic carboxylic acids is 1. The number of aromatic amines is 1. The van der Waals surface area contributed by atoms with Gasteiger partial charge in [0.15, 0.2) is 5.82 Å². The van der Waals surface area contributed by atoms with Gasteiger partial charge in [0, 0.05) is 11.1 Å². The van der Waals surface area contributed by atoms with E-state index < -0.39 is 12.4 Å². The van der Waals surface area contributed by atoms with Crippen LogP contribution in [0.4, 0.5) is 8.78 Å². The molecule has 19 heavy (non-hydrogen) atoms. The van der Waals surface area contributed by atoms with Crippen molar-refractivity contribution in [2.24, 2.45) is 0 Å². The molecule has 0 fully saturated rings. The number of carboxylic acids is 1. The molecule has 0 saturated carbocycles. The van der Waals surface area contributed by atoms with Crippen molar-refractivity contribution in [3.05, 3.63) is 29.8 Å². The molecular weight excluding hydrogens is 276 g/mol. The van der Waals surface area contributed by atoms with Crippen LogP contribution in [0.5, 0.6) is 0 Å². The maximum atomic E-state index is 12.6. The summed E-state index contributed by atoms with van der Waals surface area (Å²) in [6.45, 7) is 0. The van der Waals surface area contributed by atoms with Gasteiger partial charge >= 0.3 is 5.97 Å². The molecule has 0 aliphatic rings. The van der Waals surface area contributed by atoms with Gasteiger partial charge in [-0.1, -0.05) is 30.0 Å². The number of hydrogen-bond acceptors (Lipinski definition) is 4.